The van der Waals surface area contributed by atoms with Crippen LogP contribution in [0.15, 0.2) is 22.7 Å². The molecule has 2 rings (SSSR count). The standard InChI is InChI=1S/C9H8BBrO2S/c1-5-2-6-3-8(11)7(10(12)13)4-9(6)14-5/h2-4,12-13H,1H3. The molecule has 0 unspecified atom stereocenters. The number of aryl methyl sites for hydroxylation is 1. The molecule has 5 heteroatoms. The van der Waals surface area contributed by atoms with Crippen molar-refractivity contribution in [2.24, 2.45) is 0 Å². The van der Waals surface area contributed by atoms with Crippen LogP contribution in [0.25, 0.3) is 10.1 Å². The Bertz CT molecular complexity index is 481. The van der Waals surface area contributed by atoms with E-state index < -0.39 is 7.12 Å². The maximum atomic E-state index is 9.10. The monoisotopic (exact) mass is 270 g/mol. The van der Waals surface area contributed by atoms with Crippen molar-refractivity contribution < 1.29 is 10.0 Å². The van der Waals surface area contributed by atoms with E-state index >= 15 is 0 Å². The molecule has 2 nitrogen and oxygen atoms in total. The number of rotatable bonds is 1. The van der Waals surface area contributed by atoms with E-state index in [1.54, 1.807) is 11.3 Å². The van der Waals surface area contributed by atoms with Gasteiger partial charge in [0.25, 0.3) is 0 Å². The fourth-order valence-electron chi connectivity index (χ4n) is 1.41. The molecule has 1 aromatic carbocycles. The minimum atomic E-state index is -1.42. The number of hydrogen-bond acceptors (Lipinski definition) is 3. The van der Waals surface area contributed by atoms with Gasteiger partial charge in [-0.15, -0.1) is 11.3 Å². The lowest BCUT2D eigenvalue weighted by atomic mass is 9.80. The Kier molecular flexibility index (Phi) is 2.66. The van der Waals surface area contributed by atoms with E-state index in [2.05, 4.69) is 22.0 Å². The van der Waals surface area contributed by atoms with Crippen molar-refractivity contribution in [1.29, 1.82) is 0 Å². The van der Waals surface area contributed by atoms with Gasteiger partial charge in [0.05, 0.1) is 0 Å². The molecular weight excluding hydrogens is 263 g/mol. The first-order valence-electron chi connectivity index (χ1n) is 4.13. The van der Waals surface area contributed by atoms with Crippen molar-refractivity contribution in [3.8, 4) is 0 Å². The van der Waals surface area contributed by atoms with Crippen molar-refractivity contribution in [1.82, 2.24) is 0 Å². The second-order valence-electron chi connectivity index (χ2n) is 3.14. The van der Waals surface area contributed by atoms with Crippen LogP contribution in [0.1, 0.15) is 4.88 Å². The lowest BCUT2D eigenvalue weighted by molar-refractivity contribution is 0.425. The fourth-order valence-corrected chi connectivity index (χ4v) is 2.93. The Balaban J connectivity index is 2.70. The molecule has 0 radical (unpaired) electrons. The average Bonchev–Trinajstić information content (AvgIpc) is 2.42. The van der Waals surface area contributed by atoms with Crippen molar-refractivity contribution in [2.75, 3.05) is 0 Å². The van der Waals surface area contributed by atoms with Crippen LogP contribution in [0.4, 0.5) is 0 Å². The van der Waals surface area contributed by atoms with Gasteiger partial charge in [-0.1, -0.05) is 15.9 Å². The van der Waals surface area contributed by atoms with Gasteiger partial charge >= 0.3 is 7.12 Å². The molecule has 0 aliphatic rings. The third kappa shape index (κ3) is 1.73. The first-order chi connectivity index (χ1) is 6.58. The van der Waals surface area contributed by atoms with Gasteiger partial charge in [-0.3, -0.25) is 0 Å². The van der Waals surface area contributed by atoms with Gasteiger partial charge < -0.3 is 10.0 Å². The fraction of sp³-hybridized carbons (Fsp3) is 0.111. The summed E-state index contributed by atoms with van der Waals surface area (Å²) < 4.78 is 1.81. The summed E-state index contributed by atoms with van der Waals surface area (Å²) in [6, 6.07) is 5.80. The van der Waals surface area contributed by atoms with Gasteiger partial charge in [-0.2, -0.15) is 0 Å². The van der Waals surface area contributed by atoms with Gasteiger partial charge in [0.1, 0.15) is 0 Å². The Morgan fingerprint density at radius 1 is 1.29 bits per heavy atom. The topological polar surface area (TPSA) is 40.5 Å². The van der Waals surface area contributed by atoms with Crippen LogP contribution in [0.3, 0.4) is 0 Å². The largest absolute Gasteiger partial charge is 0.489 e. The molecule has 0 aliphatic heterocycles. The Labute approximate surface area is 94.5 Å². The van der Waals surface area contributed by atoms with Crippen LogP contribution in [0.2, 0.25) is 0 Å². The molecule has 0 fully saturated rings. The summed E-state index contributed by atoms with van der Waals surface area (Å²) in [7, 11) is -1.42. The highest BCUT2D eigenvalue weighted by molar-refractivity contribution is 9.10. The van der Waals surface area contributed by atoms with Crippen LogP contribution in [-0.4, -0.2) is 17.2 Å². The molecule has 1 aromatic heterocycles. The van der Waals surface area contributed by atoms with E-state index in [0.717, 1.165) is 14.6 Å². The normalized spacial score (nSPS) is 10.9. The zero-order valence-electron chi connectivity index (χ0n) is 7.49. The molecule has 0 aliphatic carbocycles. The number of hydrogen-bond donors (Lipinski definition) is 2. The van der Waals surface area contributed by atoms with Crippen molar-refractivity contribution in [2.45, 2.75) is 6.92 Å². The van der Waals surface area contributed by atoms with E-state index in [9.17, 15) is 0 Å². The van der Waals surface area contributed by atoms with Crippen molar-refractivity contribution >= 4 is 49.9 Å². The van der Waals surface area contributed by atoms with Gasteiger partial charge in [0, 0.05) is 14.0 Å². The molecule has 14 heavy (non-hydrogen) atoms. The minimum absolute atomic E-state index is 0.513. The summed E-state index contributed by atoms with van der Waals surface area (Å²) in [5, 5.41) is 19.3. The average molecular weight is 271 g/mol. The lowest BCUT2D eigenvalue weighted by Gasteiger charge is -2.02. The van der Waals surface area contributed by atoms with Gasteiger partial charge in [0.15, 0.2) is 0 Å². The predicted octanol–water partition coefficient (Wildman–Crippen LogP) is 1.65. The SMILES string of the molecule is Cc1cc2cc(Br)c(B(O)O)cc2s1. The summed E-state index contributed by atoms with van der Waals surface area (Å²) >= 11 is 4.96. The van der Waals surface area contributed by atoms with E-state index in [0.29, 0.717) is 5.46 Å². The van der Waals surface area contributed by atoms with Crippen molar-refractivity contribution in [3.63, 3.8) is 0 Å². The molecule has 0 amide bonds. The zero-order valence-corrected chi connectivity index (χ0v) is 9.89. The second kappa shape index (κ2) is 3.66. The minimum Gasteiger partial charge on any atom is -0.423 e. The third-order valence-electron chi connectivity index (χ3n) is 2.04. The maximum absolute atomic E-state index is 9.10. The van der Waals surface area contributed by atoms with E-state index in [4.69, 9.17) is 10.0 Å². The Morgan fingerprint density at radius 2 is 2.00 bits per heavy atom. The highest BCUT2D eigenvalue weighted by Gasteiger charge is 2.16. The van der Waals surface area contributed by atoms with Crippen molar-refractivity contribution in [3.05, 3.63) is 27.5 Å². The molecule has 2 aromatic rings. The summed E-state index contributed by atoms with van der Waals surface area (Å²) in [5.74, 6) is 0. The second-order valence-corrected chi connectivity index (χ2v) is 5.28. The first-order valence-corrected chi connectivity index (χ1v) is 5.74. The smallest absolute Gasteiger partial charge is 0.423 e. The van der Waals surface area contributed by atoms with Crippen LogP contribution in [0.5, 0.6) is 0 Å². The maximum Gasteiger partial charge on any atom is 0.489 e. The summed E-state index contributed by atoms with van der Waals surface area (Å²) in [4.78, 5) is 1.22. The molecular formula is C9H8BBrO2S. The van der Waals surface area contributed by atoms with Gasteiger partial charge in [0.2, 0.25) is 0 Å². The van der Waals surface area contributed by atoms with Crippen LogP contribution < -0.4 is 5.46 Å². The number of halogens is 1. The molecule has 0 saturated carbocycles. The molecule has 0 saturated heterocycles. The molecule has 1 heterocycles. The Morgan fingerprint density at radius 3 is 2.64 bits per heavy atom. The van der Waals surface area contributed by atoms with E-state index in [-0.39, 0.29) is 0 Å². The lowest BCUT2D eigenvalue weighted by Crippen LogP contribution is -2.30. The number of benzene rings is 1. The summed E-state index contributed by atoms with van der Waals surface area (Å²) in [6.07, 6.45) is 0. The number of thiophene rings is 1. The molecule has 0 spiro atoms. The van der Waals surface area contributed by atoms with E-state index in [1.807, 2.05) is 19.1 Å². The third-order valence-corrected chi connectivity index (χ3v) is 3.74. The highest BCUT2D eigenvalue weighted by Crippen LogP contribution is 2.26. The van der Waals surface area contributed by atoms with Gasteiger partial charge in [-0.05, 0) is 36.0 Å². The van der Waals surface area contributed by atoms with Crippen LogP contribution in [-0.2, 0) is 0 Å². The first kappa shape index (κ1) is 10.2. The van der Waals surface area contributed by atoms with Gasteiger partial charge in [-0.25, -0.2) is 0 Å². The van der Waals surface area contributed by atoms with E-state index in [1.165, 1.54) is 4.88 Å². The van der Waals surface area contributed by atoms with Crippen LogP contribution in [0, 0.1) is 6.92 Å². The molecule has 72 valence electrons. The Hall–Kier alpha value is -0.355. The number of fused-ring (bicyclic) bond motifs is 1. The zero-order chi connectivity index (χ0) is 10.3. The summed E-state index contributed by atoms with van der Waals surface area (Å²) in [5.41, 5.74) is 0.513. The predicted molar refractivity (Wildman–Crippen MR) is 64.1 cm³/mol. The highest BCUT2D eigenvalue weighted by atomic mass is 79.9. The summed E-state index contributed by atoms with van der Waals surface area (Å²) in [6.45, 7) is 2.04. The molecule has 0 atom stereocenters. The quantitative estimate of drug-likeness (QED) is 0.774. The molecule has 2 N–H and O–H groups in total. The van der Waals surface area contributed by atoms with Crippen LogP contribution >= 0.6 is 27.3 Å². The molecule has 0 bridgehead atoms.